The van der Waals surface area contributed by atoms with Gasteiger partial charge >= 0.3 is 0 Å². The molecule has 78 valence electrons. The molecule has 0 heterocycles. The Hall–Kier alpha value is -0.120. The van der Waals surface area contributed by atoms with Gasteiger partial charge in [-0.15, -0.1) is 0 Å². The quantitative estimate of drug-likeness (QED) is 0.606. The van der Waals surface area contributed by atoms with E-state index in [9.17, 15) is 5.11 Å². The van der Waals surface area contributed by atoms with E-state index in [0.717, 1.165) is 25.7 Å². The highest BCUT2D eigenvalue weighted by atomic mass is 16.3. The van der Waals surface area contributed by atoms with Crippen LogP contribution in [0.15, 0.2) is 0 Å². The van der Waals surface area contributed by atoms with Crippen molar-refractivity contribution in [3.8, 4) is 0 Å². The molecule has 1 saturated carbocycles. The van der Waals surface area contributed by atoms with Gasteiger partial charge in [0.2, 0.25) is 0 Å². The molecule has 1 fully saturated rings. The molecule has 1 aliphatic rings. The molecule has 0 aliphatic heterocycles. The minimum Gasteiger partial charge on any atom is -0.392 e. The number of aliphatic hydroxyl groups excluding tert-OH is 1. The second-order valence-electron chi connectivity index (χ2n) is 4.26. The van der Waals surface area contributed by atoms with E-state index >= 15 is 0 Å². The van der Waals surface area contributed by atoms with E-state index in [2.05, 4.69) is 5.32 Å². The summed E-state index contributed by atoms with van der Waals surface area (Å²) in [6.45, 7) is 2.94. The van der Waals surface area contributed by atoms with Crippen LogP contribution in [0.25, 0.3) is 0 Å². The molecule has 13 heavy (non-hydrogen) atoms. The Bertz CT molecular complexity index is 142. The Morgan fingerprint density at radius 3 is 2.46 bits per heavy atom. The summed E-state index contributed by atoms with van der Waals surface area (Å²) in [4.78, 5) is 0. The van der Waals surface area contributed by atoms with Crippen molar-refractivity contribution < 1.29 is 10.2 Å². The monoisotopic (exact) mass is 187 g/mol. The Kier molecular flexibility index (Phi) is 4.16. The summed E-state index contributed by atoms with van der Waals surface area (Å²) in [5.74, 6) is 0. The zero-order chi connectivity index (χ0) is 9.73. The molecule has 0 radical (unpaired) electrons. The van der Waals surface area contributed by atoms with Crippen molar-refractivity contribution in [1.29, 1.82) is 0 Å². The van der Waals surface area contributed by atoms with Gasteiger partial charge in [0, 0.05) is 13.1 Å². The molecule has 0 bridgehead atoms. The third-order valence-corrected chi connectivity index (χ3v) is 2.68. The van der Waals surface area contributed by atoms with Crippen LogP contribution in [-0.2, 0) is 0 Å². The Morgan fingerprint density at radius 1 is 1.31 bits per heavy atom. The normalized spacial score (nSPS) is 24.2. The molecular formula is C10H21NO2. The van der Waals surface area contributed by atoms with Crippen molar-refractivity contribution in [3.63, 3.8) is 0 Å². The van der Waals surface area contributed by atoms with Crippen LogP contribution in [0.2, 0.25) is 0 Å². The summed E-state index contributed by atoms with van der Waals surface area (Å²) in [5.41, 5.74) is -0.507. The largest absolute Gasteiger partial charge is 0.392 e. The average molecular weight is 187 g/mol. The Labute approximate surface area is 80.2 Å². The van der Waals surface area contributed by atoms with E-state index < -0.39 is 5.60 Å². The molecule has 0 spiro atoms. The highest BCUT2D eigenvalue weighted by Gasteiger charge is 2.28. The smallest absolute Gasteiger partial charge is 0.0771 e. The van der Waals surface area contributed by atoms with Gasteiger partial charge in [0.25, 0.3) is 0 Å². The van der Waals surface area contributed by atoms with Crippen molar-refractivity contribution in [2.45, 2.75) is 50.7 Å². The maximum atomic E-state index is 10.0. The zero-order valence-electron chi connectivity index (χ0n) is 8.42. The first kappa shape index (κ1) is 11.0. The number of hydrogen-bond donors (Lipinski definition) is 3. The molecule has 0 amide bonds. The molecular weight excluding hydrogens is 166 g/mol. The number of nitrogens with one attached hydrogen (secondary N) is 1. The van der Waals surface area contributed by atoms with Crippen molar-refractivity contribution >= 4 is 0 Å². The van der Waals surface area contributed by atoms with E-state index in [4.69, 9.17) is 5.11 Å². The minimum atomic E-state index is -0.507. The van der Waals surface area contributed by atoms with E-state index in [0.29, 0.717) is 13.1 Å². The molecule has 0 aromatic rings. The van der Waals surface area contributed by atoms with Gasteiger partial charge in [-0.05, 0) is 19.8 Å². The first-order valence-electron chi connectivity index (χ1n) is 5.24. The van der Waals surface area contributed by atoms with Crippen molar-refractivity contribution in [2.24, 2.45) is 0 Å². The van der Waals surface area contributed by atoms with Crippen LogP contribution in [0.4, 0.5) is 0 Å². The topological polar surface area (TPSA) is 52.5 Å². The SMILES string of the molecule is C[C@H](O)CNCC1(O)CCCCC1. The van der Waals surface area contributed by atoms with Crippen LogP contribution in [0, 0.1) is 0 Å². The van der Waals surface area contributed by atoms with Gasteiger partial charge in [-0.25, -0.2) is 0 Å². The summed E-state index contributed by atoms with van der Waals surface area (Å²) in [6, 6.07) is 0. The molecule has 3 nitrogen and oxygen atoms in total. The second-order valence-corrected chi connectivity index (χ2v) is 4.26. The van der Waals surface area contributed by atoms with Gasteiger partial charge in [0.15, 0.2) is 0 Å². The fourth-order valence-electron chi connectivity index (χ4n) is 1.90. The molecule has 3 N–H and O–H groups in total. The van der Waals surface area contributed by atoms with Crippen molar-refractivity contribution in [3.05, 3.63) is 0 Å². The van der Waals surface area contributed by atoms with Crippen molar-refractivity contribution in [1.82, 2.24) is 5.32 Å². The van der Waals surface area contributed by atoms with Crippen molar-refractivity contribution in [2.75, 3.05) is 13.1 Å². The molecule has 1 aliphatic carbocycles. The van der Waals surface area contributed by atoms with Crippen LogP contribution in [0.1, 0.15) is 39.0 Å². The lowest BCUT2D eigenvalue weighted by Crippen LogP contribution is -2.43. The van der Waals surface area contributed by atoms with Gasteiger partial charge in [0.05, 0.1) is 11.7 Å². The molecule has 0 aromatic carbocycles. The first-order chi connectivity index (χ1) is 6.12. The van der Waals surface area contributed by atoms with Crippen LogP contribution < -0.4 is 5.32 Å². The third kappa shape index (κ3) is 4.07. The molecule has 1 rings (SSSR count). The van der Waals surface area contributed by atoms with E-state index in [1.54, 1.807) is 6.92 Å². The average Bonchev–Trinajstić information content (AvgIpc) is 2.04. The standard InChI is InChI=1S/C10H21NO2/c1-9(12)7-11-8-10(13)5-3-2-4-6-10/h9,11-13H,2-8H2,1H3/t9-/m0/s1. The summed E-state index contributed by atoms with van der Waals surface area (Å²) < 4.78 is 0. The molecule has 0 unspecified atom stereocenters. The van der Waals surface area contributed by atoms with Gasteiger partial charge in [-0.3, -0.25) is 0 Å². The lowest BCUT2D eigenvalue weighted by Gasteiger charge is -2.32. The lowest BCUT2D eigenvalue weighted by atomic mass is 9.85. The van der Waals surface area contributed by atoms with Gasteiger partial charge in [-0.2, -0.15) is 0 Å². The predicted molar refractivity (Wildman–Crippen MR) is 52.6 cm³/mol. The highest BCUT2D eigenvalue weighted by molar-refractivity contribution is 4.84. The Balaban J connectivity index is 2.17. The predicted octanol–water partition coefficient (Wildman–Crippen LogP) is 0.652. The summed E-state index contributed by atoms with van der Waals surface area (Å²) in [5, 5.41) is 22.2. The van der Waals surface area contributed by atoms with Gasteiger partial charge < -0.3 is 15.5 Å². The molecule has 1 atom stereocenters. The van der Waals surface area contributed by atoms with Gasteiger partial charge in [-0.1, -0.05) is 19.3 Å². The van der Waals surface area contributed by atoms with E-state index in [-0.39, 0.29) is 6.10 Å². The zero-order valence-corrected chi connectivity index (χ0v) is 8.42. The van der Waals surface area contributed by atoms with Gasteiger partial charge in [0.1, 0.15) is 0 Å². The lowest BCUT2D eigenvalue weighted by molar-refractivity contribution is 0.00309. The third-order valence-electron chi connectivity index (χ3n) is 2.68. The van der Waals surface area contributed by atoms with E-state index in [1.807, 2.05) is 0 Å². The van der Waals surface area contributed by atoms with Crippen LogP contribution in [0.5, 0.6) is 0 Å². The molecule has 0 saturated heterocycles. The molecule has 0 aromatic heterocycles. The summed E-state index contributed by atoms with van der Waals surface area (Å²) >= 11 is 0. The highest BCUT2D eigenvalue weighted by Crippen LogP contribution is 2.27. The maximum Gasteiger partial charge on any atom is 0.0771 e. The fraction of sp³-hybridized carbons (Fsp3) is 1.00. The van der Waals surface area contributed by atoms with E-state index in [1.165, 1.54) is 6.42 Å². The molecule has 3 heteroatoms. The minimum absolute atomic E-state index is 0.327. The van der Waals surface area contributed by atoms with Crippen LogP contribution in [-0.4, -0.2) is 35.0 Å². The summed E-state index contributed by atoms with van der Waals surface area (Å²) in [6.07, 6.45) is 4.99. The number of aliphatic hydroxyl groups is 2. The number of rotatable bonds is 4. The Morgan fingerprint density at radius 2 is 1.92 bits per heavy atom. The second kappa shape index (κ2) is 4.94. The van der Waals surface area contributed by atoms with Crippen LogP contribution in [0.3, 0.4) is 0 Å². The fourth-order valence-corrected chi connectivity index (χ4v) is 1.90. The summed E-state index contributed by atoms with van der Waals surface area (Å²) in [7, 11) is 0. The maximum absolute atomic E-state index is 10.0. The van der Waals surface area contributed by atoms with Crippen LogP contribution >= 0.6 is 0 Å². The number of hydrogen-bond acceptors (Lipinski definition) is 3. The first-order valence-corrected chi connectivity index (χ1v) is 5.24.